The maximum Gasteiger partial charge on any atom is 0.490 e. The first-order valence-electron chi connectivity index (χ1n) is 12.9. The van der Waals surface area contributed by atoms with Crippen molar-refractivity contribution in [1.29, 1.82) is 0 Å². The fourth-order valence-corrected chi connectivity index (χ4v) is 5.21. The first-order chi connectivity index (χ1) is 19.0. The number of para-hydroxylation sites is 1. The standard InChI is InChI=1S/C27H30N4O2.C2HF3O2/c1-20(29-25(32)23-12-11-21-7-5-6-8-22(21)17-23)18-30-15-13-27(14-16-30)26(33)28-19-31(27)24-9-3-2-4-10-24;3-2(4,5)1(6)7/h2-12,17,20H,13-16,18-19H2,1H3,(H,28,33)(H,29,32);(H,6,7)/t20-;/m0./s1. The topological polar surface area (TPSA) is 102 Å². The highest BCUT2D eigenvalue weighted by Gasteiger charge is 2.50. The summed E-state index contributed by atoms with van der Waals surface area (Å²) < 4.78 is 31.7. The number of carboxylic acids is 1. The molecule has 5 rings (SSSR count). The Balaban J connectivity index is 0.000000470. The summed E-state index contributed by atoms with van der Waals surface area (Å²) in [6, 6.07) is 24.1. The highest BCUT2D eigenvalue weighted by molar-refractivity contribution is 5.98. The number of carbonyl (C=O) groups excluding carboxylic acids is 2. The molecule has 0 radical (unpaired) electrons. The number of fused-ring (bicyclic) bond motifs is 1. The van der Waals surface area contributed by atoms with E-state index in [-0.39, 0.29) is 17.9 Å². The van der Waals surface area contributed by atoms with Gasteiger partial charge in [0, 0.05) is 36.9 Å². The lowest BCUT2D eigenvalue weighted by Gasteiger charge is -2.43. The van der Waals surface area contributed by atoms with Gasteiger partial charge in [0.25, 0.3) is 5.91 Å². The summed E-state index contributed by atoms with van der Waals surface area (Å²) in [5.74, 6) is -2.68. The molecule has 2 saturated heterocycles. The van der Waals surface area contributed by atoms with Crippen LogP contribution in [0.25, 0.3) is 10.8 Å². The van der Waals surface area contributed by atoms with E-state index >= 15 is 0 Å². The Morgan fingerprint density at radius 1 is 1.00 bits per heavy atom. The van der Waals surface area contributed by atoms with Crippen LogP contribution in [0.2, 0.25) is 0 Å². The van der Waals surface area contributed by atoms with Gasteiger partial charge in [-0.2, -0.15) is 13.2 Å². The molecule has 1 atom stereocenters. The van der Waals surface area contributed by atoms with E-state index in [9.17, 15) is 22.8 Å². The van der Waals surface area contributed by atoms with Gasteiger partial charge in [0.05, 0.1) is 6.67 Å². The second-order valence-corrected chi connectivity index (χ2v) is 10.00. The van der Waals surface area contributed by atoms with Crippen molar-refractivity contribution in [2.45, 2.75) is 37.5 Å². The quantitative estimate of drug-likeness (QED) is 0.439. The molecule has 1 spiro atoms. The van der Waals surface area contributed by atoms with E-state index in [1.807, 2.05) is 67.6 Å². The predicted octanol–water partition coefficient (Wildman–Crippen LogP) is 4.02. The molecule has 0 aromatic heterocycles. The third-order valence-electron chi connectivity index (χ3n) is 7.25. The van der Waals surface area contributed by atoms with Crippen molar-refractivity contribution in [3.8, 4) is 0 Å². The summed E-state index contributed by atoms with van der Waals surface area (Å²) >= 11 is 0. The first kappa shape index (κ1) is 28.9. The normalized spacial score (nSPS) is 17.6. The summed E-state index contributed by atoms with van der Waals surface area (Å²) in [6.07, 6.45) is -3.53. The molecule has 2 fully saturated rings. The van der Waals surface area contributed by atoms with E-state index in [4.69, 9.17) is 9.90 Å². The zero-order valence-corrected chi connectivity index (χ0v) is 21.9. The van der Waals surface area contributed by atoms with Crippen LogP contribution in [0.15, 0.2) is 72.8 Å². The zero-order chi connectivity index (χ0) is 28.9. The Bertz CT molecular complexity index is 1360. The minimum atomic E-state index is -5.08. The van der Waals surface area contributed by atoms with Gasteiger partial charge in [0.1, 0.15) is 5.54 Å². The number of likely N-dealkylation sites (tertiary alicyclic amines) is 1. The molecule has 8 nitrogen and oxygen atoms in total. The van der Waals surface area contributed by atoms with E-state index in [0.29, 0.717) is 12.2 Å². The molecule has 40 heavy (non-hydrogen) atoms. The molecule has 2 amide bonds. The third kappa shape index (κ3) is 6.53. The van der Waals surface area contributed by atoms with E-state index in [0.717, 1.165) is 48.9 Å². The van der Waals surface area contributed by atoms with Crippen LogP contribution in [-0.4, -0.2) is 71.9 Å². The largest absolute Gasteiger partial charge is 0.490 e. The molecule has 3 aromatic carbocycles. The van der Waals surface area contributed by atoms with Crippen molar-refractivity contribution in [2.75, 3.05) is 31.2 Å². The number of hydrogen-bond acceptors (Lipinski definition) is 5. The van der Waals surface area contributed by atoms with Gasteiger partial charge < -0.3 is 25.5 Å². The van der Waals surface area contributed by atoms with Gasteiger partial charge in [-0.1, -0.05) is 48.5 Å². The highest BCUT2D eigenvalue weighted by Crippen LogP contribution is 2.36. The third-order valence-corrected chi connectivity index (χ3v) is 7.25. The van der Waals surface area contributed by atoms with Gasteiger partial charge in [-0.15, -0.1) is 0 Å². The Hall–Kier alpha value is -4.12. The first-order valence-corrected chi connectivity index (χ1v) is 12.9. The summed E-state index contributed by atoms with van der Waals surface area (Å²) in [5.41, 5.74) is 1.29. The number of aliphatic carboxylic acids is 1. The number of nitrogens with zero attached hydrogens (tertiary/aromatic N) is 2. The number of halogens is 3. The Morgan fingerprint density at radius 2 is 1.60 bits per heavy atom. The maximum absolute atomic E-state index is 12.8. The number of hydrogen-bond donors (Lipinski definition) is 3. The molecule has 2 heterocycles. The number of carbonyl (C=O) groups is 3. The average molecular weight is 557 g/mol. The van der Waals surface area contributed by atoms with Gasteiger partial charge in [0.2, 0.25) is 5.91 Å². The zero-order valence-electron chi connectivity index (χ0n) is 21.9. The molecule has 0 unspecified atom stereocenters. The molecule has 2 aliphatic rings. The number of piperidine rings is 1. The lowest BCUT2D eigenvalue weighted by atomic mass is 9.85. The molecule has 3 N–H and O–H groups in total. The second-order valence-electron chi connectivity index (χ2n) is 10.00. The van der Waals surface area contributed by atoms with Crippen molar-refractivity contribution >= 4 is 34.2 Å². The maximum atomic E-state index is 12.8. The van der Waals surface area contributed by atoms with Gasteiger partial charge in [0.15, 0.2) is 0 Å². The van der Waals surface area contributed by atoms with Crippen LogP contribution in [0.1, 0.15) is 30.1 Å². The summed E-state index contributed by atoms with van der Waals surface area (Å²) in [5, 5.41) is 15.5. The van der Waals surface area contributed by atoms with Crippen molar-refractivity contribution in [2.24, 2.45) is 0 Å². The Morgan fingerprint density at radius 3 is 2.23 bits per heavy atom. The number of carboxylic acid groups (broad SMARTS) is 1. The number of nitrogens with one attached hydrogen (secondary N) is 2. The van der Waals surface area contributed by atoms with Gasteiger partial charge in [-0.3, -0.25) is 9.59 Å². The molecule has 0 aliphatic carbocycles. The Labute approximate surface area is 229 Å². The van der Waals surface area contributed by atoms with E-state index < -0.39 is 17.7 Å². The molecule has 0 saturated carbocycles. The number of alkyl halides is 3. The lowest BCUT2D eigenvalue weighted by Crippen LogP contribution is -2.57. The fraction of sp³-hybridized carbons (Fsp3) is 0.345. The molecule has 3 aromatic rings. The monoisotopic (exact) mass is 556 g/mol. The van der Waals surface area contributed by atoms with E-state index in [1.54, 1.807) is 0 Å². The molecule has 11 heteroatoms. The van der Waals surface area contributed by atoms with Crippen molar-refractivity contribution in [3.05, 3.63) is 78.4 Å². The van der Waals surface area contributed by atoms with Crippen molar-refractivity contribution in [1.82, 2.24) is 15.5 Å². The summed E-state index contributed by atoms with van der Waals surface area (Å²) in [6.45, 7) is 5.02. The molecular weight excluding hydrogens is 525 g/mol. The number of anilines is 1. The lowest BCUT2D eigenvalue weighted by molar-refractivity contribution is -0.192. The molecule has 0 bridgehead atoms. The average Bonchev–Trinajstić information content (AvgIpc) is 3.25. The predicted molar refractivity (Wildman–Crippen MR) is 145 cm³/mol. The Kier molecular flexibility index (Phi) is 8.63. The van der Waals surface area contributed by atoms with E-state index in [1.165, 1.54) is 0 Å². The summed E-state index contributed by atoms with van der Waals surface area (Å²) in [4.78, 5) is 39.1. The molecular formula is C29H31F3N4O4. The number of benzene rings is 3. The van der Waals surface area contributed by atoms with Crippen LogP contribution >= 0.6 is 0 Å². The van der Waals surface area contributed by atoms with Crippen LogP contribution in [0, 0.1) is 0 Å². The van der Waals surface area contributed by atoms with Gasteiger partial charge >= 0.3 is 12.1 Å². The number of amides is 2. The van der Waals surface area contributed by atoms with E-state index in [2.05, 4.69) is 32.6 Å². The van der Waals surface area contributed by atoms with Crippen molar-refractivity contribution in [3.63, 3.8) is 0 Å². The van der Waals surface area contributed by atoms with Crippen LogP contribution in [0.4, 0.5) is 18.9 Å². The van der Waals surface area contributed by atoms with Crippen molar-refractivity contribution < 1.29 is 32.7 Å². The van der Waals surface area contributed by atoms with Crippen LogP contribution in [0.5, 0.6) is 0 Å². The van der Waals surface area contributed by atoms with Gasteiger partial charge in [-0.25, -0.2) is 4.79 Å². The highest BCUT2D eigenvalue weighted by atomic mass is 19.4. The van der Waals surface area contributed by atoms with Crippen LogP contribution in [0.3, 0.4) is 0 Å². The second kappa shape index (κ2) is 12.0. The smallest absolute Gasteiger partial charge is 0.475 e. The fourth-order valence-electron chi connectivity index (χ4n) is 5.21. The SMILES string of the molecule is C[C@@H](CN1CCC2(CC1)C(=O)NCN2c1ccccc1)NC(=O)c1ccc2ccccc2c1.O=C(O)C(F)(F)F. The minimum absolute atomic E-state index is 0.0145. The molecule has 2 aliphatic heterocycles. The number of rotatable bonds is 5. The van der Waals surface area contributed by atoms with Crippen LogP contribution in [-0.2, 0) is 9.59 Å². The molecule has 212 valence electrons. The van der Waals surface area contributed by atoms with Gasteiger partial charge in [-0.05, 0) is 54.8 Å². The summed E-state index contributed by atoms with van der Waals surface area (Å²) in [7, 11) is 0. The minimum Gasteiger partial charge on any atom is -0.475 e. The van der Waals surface area contributed by atoms with Crippen LogP contribution < -0.4 is 15.5 Å².